The normalized spacial score (nSPS) is 30.6. The first-order chi connectivity index (χ1) is 9.79. The maximum atomic E-state index is 12.1. The van der Waals surface area contributed by atoms with Gasteiger partial charge in [0.1, 0.15) is 0 Å². The summed E-state index contributed by atoms with van der Waals surface area (Å²) in [5, 5.41) is 11.8. The van der Waals surface area contributed by atoms with E-state index in [1.54, 1.807) is 0 Å². The second-order valence-electron chi connectivity index (χ2n) is 5.70. The first kappa shape index (κ1) is 15.9. The molecule has 2 aliphatic carbocycles. The largest absolute Gasteiger partial charge is 0.481 e. The van der Waals surface area contributed by atoms with Gasteiger partial charge in [0.2, 0.25) is 5.91 Å². The molecular formula is C14H18F3NO3. The van der Waals surface area contributed by atoms with Crippen LogP contribution in [0.25, 0.3) is 0 Å². The lowest BCUT2D eigenvalue weighted by Gasteiger charge is -2.23. The number of halogens is 3. The van der Waals surface area contributed by atoms with Gasteiger partial charge >= 0.3 is 12.1 Å². The molecule has 21 heavy (non-hydrogen) atoms. The van der Waals surface area contributed by atoms with Gasteiger partial charge in [-0.1, -0.05) is 12.2 Å². The van der Waals surface area contributed by atoms with Crippen LogP contribution in [-0.4, -0.2) is 29.7 Å². The van der Waals surface area contributed by atoms with E-state index < -0.39 is 30.4 Å². The number of carboxylic acid groups (broad SMARTS) is 1. The molecule has 2 bridgehead atoms. The molecule has 2 rings (SSSR count). The van der Waals surface area contributed by atoms with Gasteiger partial charge in [-0.2, -0.15) is 13.2 Å². The first-order valence-corrected chi connectivity index (χ1v) is 7.05. The van der Waals surface area contributed by atoms with Crippen molar-refractivity contribution in [3.05, 3.63) is 12.2 Å². The lowest BCUT2D eigenvalue weighted by Crippen LogP contribution is -2.40. The molecule has 0 spiro atoms. The van der Waals surface area contributed by atoms with E-state index >= 15 is 0 Å². The molecule has 118 valence electrons. The fourth-order valence-electron chi connectivity index (χ4n) is 3.30. The number of carbonyl (C=O) groups is 2. The molecule has 0 heterocycles. The Morgan fingerprint density at radius 3 is 2.33 bits per heavy atom. The van der Waals surface area contributed by atoms with Crippen molar-refractivity contribution in [2.75, 3.05) is 6.54 Å². The minimum atomic E-state index is -4.17. The topological polar surface area (TPSA) is 66.4 Å². The molecule has 1 saturated carbocycles. The predicted octanol–water partition coefficient (Wildman–Crippen LogP) is 2.36. The number of hydrogen-bond donors (Lipinski definition) is 2. The molecule has 7 heteroatoms. The Kier molecular flexibility index (Phi) is 4.58. The van der Waals surface area contributed by atoms with Crippen LogP contribution in [0.3, 0.4) is 0 Å². The Labute approximate surface area is 120 Å². The van der Waals surface area contributed by atoms with Crippen molar-refractivity contribution in [2.45, 2.75) is 31.9 Å². The van der Waals surface area contributed by atoms with Crippen LogP contribution in [0.4, 0.5) is 13.2 Å². The zero-order chi connectivity index (χ0) is 15.6. The van der Waals surface area contributed by atoms with Crippen LogP contribution < -0.4 is 5.32 Å². The Hall–Kier alpha value is -1.53. The smallest absolute Gasteiger partial charge is 0.389 e. The number of aliphatic carboxylic acids is 1. The number of allylic oxidation sites excluding steroid dienone is 2. The van der Waals surface area contributed by atoms with Crippen LogP contribution in [0, 0.1) is 23.7 Å². The zero-order valence-electron chi connectivity index (χ0n) is 11.4. The number of alkyl halides is 3. The highest BCUT2D eigenvalue weighted by atomic mass is 19.4. The standard InChI is InChI=1S/C14H18F3NO3/c15-14(16,17)5-1-2-6-18-12(19)10-8-3-4-9(7-8)11(10)13(20)21/h3-4,8-11H,1-2,5-7H2,(H,18,19)(H,20,21)/t8?,9?,10-,11+/m0/s1. The van der Waals surface area contributed by atoms with E-state index in [1.165, 1.54) is 0 Å². The Morgan fingerprint density at radius 2 is 1.76 bits per heavy atom. The monoisotopic (exact) mass is 305 g/mol. The van der Waals surface area contributed by atoms with E-state index in [0.29, 0.717) is 6.42 Å². The van der Waals surface area contributed by atoms with Gasteiger partial charge in [0.15, 0.2) is 0 Å². The van der Waals surface area contributed by atoms with Crippen LogP contribution in [0.5, 0.6) is 0 Å². The average molecular weight is 305 g/mol. The number of nitrogens with one attached hydrogen (secondary N) is 1. The van der Waals surface area contributed by atoms with Crippen LogP contribution in [-0.2, 0) is 9.59 Å². The fourth-order valence-corrected chi connectivity index (χ4v) is 3.30. The summed E-state index contributed by atoms with van der Waals surface area (Å²) in [6.07, 6.45) is -0.453. The van der Waals surface area contributed by atoms with Crippen LogP contribution in [0.2, 0.25) is 0 Å². The molecule has 0 aliphatic heterocycles. The number of fused-ring (bicyclic) bond motifs is 2. The highest BCUT2D eigenvalue weighted by Gasteiger charge is 2.51. The molecular weight excluding hydrogens is 287 g/mol. The van der Waals surface area contributed by atoms with Gasteiger partial charge in [-0.25, -0.2) is 0 Å². The van der Waals surface area contributed by atoms with Gasteiger partial charge in [0, 0.05) is 13.0 Å². The molecule has 2 N–H and O–H groups in total. The van der Waals surface area contributed by atoms with Crippen molar-refractivity contribution < 1.29 is 27.9 Å². The third-order valence-corrected chi connectivity index (χ3v) is 4.23. The van der Waals surface area contributed by atoms with Crippen molar-refractivity contribution in [1.82, 2.24) is 5.32 Å². The van der Waals surface area contributed by atoms with Gasteiger partial charge < -0.3 is 10.4 Å². The third-order valence-electron chi connectivity index (χ3n) is 4.23. The van der Waals surface area contributed by atoms with Crippen LogP contribution in [0.15, 0.2) is 12.2 Å². The number of amides is 1. The maximum absolute atomic E-state index is 12.1. The number of rotatable bonds is 6. The van der Waals surface area contributed by atoms with Crippen LogP contribution >= 0.6 is 0 Å². The van der Waals surface area contributed by atoms with Crippen molar-refractivity contribution in [2.24, 2.45) is 23.7 Å². The summed E-state index contributed by atoms with van der Waals surface area (Å²) in [4.78, 5) is 23.3. The molecule has 0 aromatic rings. The molecule has 4 nitrogen and oxygen atoms in total. The summed E-state index contributed by atoms with van der Waals surface area (Å²) in [6, 6.07) is 0. The third kappa shape index (κ3) is 3.77. The Morgan fingerprint density at radius 1 is 1.14 bits per heavy atom. The molecule has 2 aliphatic rings. The maximum Gasteiger partial charge on any atom is 0.389 e. The first-order valence-electron chi connectivity index (χ1n) is 7.05. The summed E-state index contributed by atoms with van der Waals surface area (Å²) in [5.74, 6) is -2.81. The minimum Gasteiger partial charge on any atom is -0.481 e. The molecule has 0 radical (unpaired) electrons. The fraction of sp³-hybridized carbons (Fsp3) is 0.714. The molecule has 1 fully saturated rings. The summed E-state index contributed by atoms with van der Waals surface area (Å²) < 4.78 is 35.9. The van der Waals surface area contributed by atoms with Gasteiger partial charge in [-0.15, -0.1) is 0 Å². The van der Waals surface area contributed by atoms with Crippen molar-refractivity contribution in [3.63, 3.8) is 0 Å². The number of hydrogen-bond acceptors (Lipinski definition) is 2. The van der Waals surface area contributed by atoms with E-state index in [2.05, 4.69) is 5.32 Å². The summed E-state index contributed by atoms with van der Waals surface area (Å²) >= 11 is 0. The summed E-state index contributed by atoms with van der Waals surface area (Å²) in [7, 11) is 0. The number of carboxylic acids is 1. The highest BCUT2D eigenvalue weighted by Crippen LogP contribution is 2.48. The van der Waals surface area contributed by atoms with E-state index in [-0.39, 0.29) is 37.1 Å². The van der Waals surface area contributed by atoms with E-state index in [1.807, 2.05) is 12.2 Å². The predicted molar refractivity (Wildman–Crippen MR) is 68.3 cm³/mol. The molecule has 4 atom stereocenters. The average Bonchev–Trinajstić information content (AvgIpc) is 2.96. The second-order valence-corrected chi connectivity index (χ2v) is 5.70. The molecule has 1 amide bonds. The van der Waals surface area contributed by atoms with Crippen molar-refractivity contribution in [1.29, 1.82) is 0 Å². The number of carbonyl (C=O) groups excluding carboxylic acids is 1. The van der Waals surface area contributed by atoms with Crippen molar-refractivity contribution >= 4 is 11.9 Å². The Balaban J connectivity index is 1.78. The highest BCUT2D eigenvalue weighted by molar-refractivity contribution is 5.86. The minimum absolute atomic E-state index is 0.0389. The van der Waals surface area contributed by atoms with Gasteiger partial charge in [0.25, 0.3) is 0 Å². The zero-order valence-corrected chi connectivity index (χ0v) is 11.4. The second kappa shape index (κ2) is 6.07. The Bertz CT molecular complexity index is 447. The lowest BCUT2D eigenvalue weighted by molar-refractivity contribution is -0.147. The lowest BCUT2D eigenvalue weighted by atomic mass is 9.82. The molecule has 0 aromatic heterocycles. The van der Waals surface area contributed by atoms with E-state index in [9.17, 15) is 27.9 Å². The molecule has 2 unspecified atom stereocenters. The van der Waals surface area contributed by atoms with Crippen LogP contribution in [0.1, 0.15) is 25.7 Å². The van der Waals surface area contributed by atoms with E-state index in [4.69, 9.17) is 0 Å². The summed E-state index contributed by atoms with van der Waals surface area (Å²) in [5.41, 5.74) is 0. The van der Waals surface area contributed by atoms with Gasteiger partial charge in [0.05, 0.1) is 11.8 Å². The van der Waals surface area contributed by atoms with E-state index in [0.717, 1.165) is 0 Å². The SMILES string of the molecule is O=C(O)[C@@H]1C2C=CC(C2)[C@@H]1C(=O)NCCCCC(F)(F)F. The molecule has 0 saturated heterocycles. The van der Waals surface area contributed by atoms with Crippen molar-refractivity contribution in [3.8, 4) is 0 Å². The molecule has 0 aromatic carbocycles. The summed E-state index contributed by atoms with van der Waals surface area (Å²) in [6.45, 7) is 0.152. The number of unbranched alkanes of at least 4 members (excludes halogenated alkanes) is 1. The van der Waals surface area contributed by atoms with Gasteiger partial charge in [-0.3, -0.25) is 9.59 Å². The quantitative estimate of drug-likeness (QED) is 0.585. The van der Waals surface area contributed by atoms with Gasteiger partial charge in [-0.05, 0) is 31.1 Å².